The maximum atomic E-state index is 12.4. The number of nitrogens with one attached hydrogen (secondary N) is 3. The minimum atomic E-state index is -0.265. The predicted molar refractivity (Wildman–Crippen MR) is 119 cm³/mol. The van der Waals surface area contributed by atoms with Crippen molar-refractivity contribution in [2.45, 2.75) is 12.8 Å². The van der Waals surface area contributed by atoms with E-state index in [1.165, 1.54) is 6.20 Å². The van der Waals surface area contributed by atoms with Crippen LogP contribution in [0.4, 0.5) is 5.82 Å². The Labute approximate surface area is 178 Å². The number of aromatic nitrogens is 2. The number of anilines is 1. The molecule has 1 aliphatic rings. The molecule has 1 aliphatic carbocycles. The van der Waals surface area contributed by atoms with Crippen LogP contribution in [0, 0.1) is 5.92 Å². The molecule has 2 aromatic heterocycles. The SMILES string of the molecule is CNC(=O)c1cnc(NC(=O)C2CC2)c2[nH]c(-c3cccc(/C(N)=N/N(C)N)c3)cc12. The van der Waals surface area contributed by atoms with Gasteiger partial charge in [-0.3, -0.25) is 9.59 Å². The summed E-state index contributed by atoms with van der Waals surface area (Å²) in [5.41, 5.74) is 9.28. The molecule has 0 unspecified atom stereocenters. The Morgan fingerprint density at radius 3 is 2.74 bits per heavy atom. The van der Waals surface area contributed by atoms with Crippen molar-refractivity contribution in [1.29, 1.82) is 0 Å². The molecular formula is C21H24N8O2. The van der Waals surface area contributed by atoms with Crippen LogP contribution in [-0.2, 0) is 4.79 Å². The molecule has 3 aromatic rings. The van der Waals surface area contributed by atoms with Crippen molar-refractivity contribution >= 4 is 34.4 Å². The molecule has 7 N–H and O–H groups in total. The molecule has 0 radical (unpaired) electrons. The zero-order chi connectivity index (χ0) is 22.1. The standard InChI is InChI=1S/C21H24N8O2/c1-24-21(31)15-10-25-19(27-20(30)11-6-7-11)17-14(15)9-16(26-17)12-4-3-5-13(8-12)18(22)28-29(2)23/h3-5,8-11,26H,6-7,23H2,1-2H3,(H2,22,28)(H,24,31)(H,25,27,30). The molecule has 1 saturated carbocycles. The molecule has 10 heteroatoms. The first kappa shape index (κ1) is 20.4. The number of hydrogen-bond donors (Lipinski definition) is 5. The number of rotatable bonds is 6. The van der Waals surface area contributed by atoms with Crippen molar-refractivity contribution in [2.75, 3.05) is 19.4 Å². The Morgan fingerprint density at radius 2 is 2.06 bits per heavy atom. The molecule has 10 nitrogen and oxygen atoms in total. The highest BCUT2D eigenvalue weighted by Crippen LogP contribution is 2.33. The van der Waals surface area contributed by atoms with Crippen LogP contribution >= 0.6 is 0 Å². The van der Waals surface area contributed by atoms with Gasteiger partial charge in [-0.25, -0.2) is 15.9 Å². The van der Waals surface area contributed by atoms with Crippen LogP contribution in [0.5, 0.6) is 0 Å². The molecule has 0 bridgehead atoms. The second-order valence-corrected chi connectivity index (χ2v) is 7.47. The fourth-order valence-electron chi connectivity index (χ4n) is 3.32. The molecule has 2 amide bonds. The third-order valence-electron chi connectivity index (χ3n) is 5.06. The number of amides is 2. The Kier molecular flexibility index (Phi) is 5.30. The van der Waals surface area contributed by atoms with Gasteiger partial charge in [0.25, 0.3) is 5.91 Å². The minimum Gasteiger partial charge on any atom is -0.382 e. The number of nitrogens with zero attached hydrogens (tertiary/aromatic N) is 3. The lowest BCUT2D eigenvalue weighted by molar-refractivity contribution is -0.117. The fourth-order valence-corrected chi connectivity index (χ4v) is 3.32. The Balaban J connectivity index is 1.80. The number of hydrogen-bond acceptors (Lipinski definition) is 6. The van der Waals surface area contributed by atoms with Crippen LogP contribution in [0.3, 0.4) is 0 Å². The number of amidine groups is 1. The van der Waals surface area contributed by atoms with Gasteiger partial charge < -0.3 is 21.4 Å². The van der Waals surface area contributed by atoms with Gasteiger partial charge in [-0.15, -0.1) is 5.10 Å². The van der Waals surface area contributed by atoms with Crippen molar-refractivity contribution in [3.05, 3.63) is 47.7 Å². The molecule has 1 aromatic carbocycles. The van der Waals surface area contributed by atoms with Crippen LogP contribution in [0.25, 0.3) is 22.2 Å². The van der Waals surface area contributed by atoms with Crippen LogP contribution in [0.2, 0.25) is 0 Å². The average Bonchev–Trinajstić information content (AvgIpc) is 3.51. The zero-order valence-corrected chi connectivity index (χ0v) is 17.3. The maximum Gasteiger partial charge on any atom is 0.253 e. The van der Waals surface area contributed by atoms with Gasteiger partial charge in [0, 0.05) is 42.9 Å². The summed E-state index contributed by atoms with van der Waals surface area (Å²) in [5, 5.41) is 11.3. The van der Waals surface area contributed by atoms with Gasteiger partial charge in [0.15, 0.2) is 11.7 Å². The molecule has 4 rings (SSSR count). The van der Waals surface area contributed by atoms with Crippen LogP contribution < -0.4 is 22.2 Å². The van der Waals surface area contributed by atoms with E-state index in [2.05, 4.69) is 25.7 Å². The molecule has 160 valence electrons. The quantitative estimate of drug-likeness (QED) is 0.176. The van der Waals surface area contributed by atoms with Gasteiger partial charge in [-0.1, -0.05) is 18.2 Å². The van der Waals surface area contributed by atoms with Crippen LogP contribution in [-0.4, -0.2) is 46.8 Å². The molecule has 0 saturated heterocycles. The first-order valence-corrected chi connectivity index (χ1v) is 9.85. The highest BCUT2D eigenvalue weighted by molar-refractivity contribution is 6.11. The van der Waals surface area contributed by atoms with Gasteiger partial charge in [0.05, 0.1) is 11.1 Å². The molecule has 0 atom stereocenters. The molecule has 1 fully saturated rings. The molecule has 0 aliphatic heterocycles. The number of hydrazine groups is 1. The average molecular weight is 420 g/mol. The van der Waals surface area contributed by atoms with Gasteiger partial charge in [0.1, 0.15) is 0 Å². The van der Waals surface area contributed by atoms with Crippen LogP contribution in [0.1, 0.15) is 28.8 Å². The zero-order valence-electron chi connectivity index (χ0n) is 17.3. The van der Waals surface area contributed by atoms with Crippen molar-refractivity contribution in [1.82, 2.24) is 20.4 Å². The Bertz CT molecular complexity index is 1190. The van der Waals surface area contributed by atoms with Crippen molar-refractivity contribution in [2.24, 2.45) is 22.6 Å². The Morgan fingerprint density at radius 1 is 1.29 bits per heavy atom. The summed E-state index contributed by atoms with van der Waals surface area (Å²) in [6.45, 7) is 0. The van der Waals surface area contributed by atoms with Crippen molar-refractivity contribution < 1.29 is 9.59 Å². The maximum absolute atomic E-state index is 12.4. The lowest BCUT2D eigenvalue weighted by Gasteiger charge is -2.08. The van der Waals surface area contributed by atoms with E-state index in [1.54, 1.807) is 14.1 Å². The van der Waals surface area contributed by atoms with E-state index in [1.807, 2.05) is 30.3 Å². The number of aromatic amines is 1. The minimum absolute atomic E-state index is 0.0320. The highest BCUT2D eigenvalue weighted by atomic mass is 16.2. The summed E-state index contributed by atoms with van der Waals surface area (Å²) in [5.74, 6) is 5.93. The summed E-state index contributed by atoms with van der Waals surface area (Å²) < 4.78 is 0. The van der Waals surface area contributed by atoms with E-state index in [4.69, 9.17) is 11.6 Å². The fraction of sp³-hybridized carbons (Fsp3) is 0.238. The number of H-pyrrole nitrogens is 1. The van der Waals surface area contributed by atoms with E-state index in [0.717, 1.165) is 29.2 Å². The second kappa shape index (κ2) is 8.07. The Hall–Kier alpha value is -3.92. The predicted octanol–water partition coefficient (Wildman–Crippen LogP) is 1.36. The summed E-state index contributed by atoms with van der Waals surface area (Å²) in [4.78, 5) is 32.3. The smallest absolute Gasteiger partial charge is 0.253 e. The monoisotopic (exact) mass is 420 g/mol. The molecular weight excluding hydrogens is 396 g/mol. The number of fused-ring (bicyclic) bond motifs is 1. The molecule has 31 heavy (non-hydrogen) atoms. The van der Waals surface area contributed by atoms with Crippen molar-refractivity contribution in [3.8, 4) is 11.3 Å². The summed E-state index contributed by atoms with van der Waals surface area (Å²) >= 11 is 0. The van der Waals surface area contributed by atoms with Gasteiger partial charge in [-0.2, -0.15) is 0 Å². The van der Waals surface area contributed by atoms with E-state index in [9.17, 15) is 9.59 Å². The van der Waals surface area contributed by atoms with E-state index >= 15 is 0 Å². The lowest BCUT2D eigenvalue weighted by atomic mass is 10.1. The highest BCUT2D eigenvalue weighted by Gasteiger charge is 2.30. The number of carbonyl (C=O) groups excluding carboxylic acids is 2. The lowest BCUT2D eigenvalue weighted by Crippen LogP contribution is -2.25. The van der Waals surface area contributed by atoms with Gasteiger partial charge >= 0.3 is 0 Å². The third kappa shape index (κ3) is 4.19. The summed E-state index contributed by atoms with van der Waals surface area (Å²) in [7, 11) is 3.14. The topological polar surface area (TPSA) is 155 Å². The number of nitrogens with two attached hydrogens (primary N) is 2. The van der Waals surface area contributed by atoms with Crippen molar-refractivity contribution in [3.63, 3.8) is 0 Å². The third-order valence-corrected chi connectivity index (χ3v) is 5.06. The van der Waals surface area contributed by atoms with Crippen LogP contribution in [0.15, 0.2) is 41.6 Å². The van der Waals surface area contributed by atoms with E-state index < -0.39 is 0 Å². The number of pyridine rings is 1. The number of carbonyl (C=O) groups is 2. The van der Waals surface area contributed by atoms with E-state index in [-0.39, 0.29) is 23.6 Å². The number of benzene rings is 1. The molecule has 2 heterocycles. The first-order valence-electron chi connectivity index (χ1n) is 9.85. The second-order valence-electron chi connectivity index (χ2n) is 7.47. The molecule has 0 spiro atoms. The number of hydrazone groups is 1. The summed E-state index contributed by atoms with van der Waals surface area (Å²) in [6, 6.07) is 9.30. The van der Waals surface area contributed by atoms with Gasteiger partial charge in [-0.05, 0) is 30.5 Å². The van der Waals surface area contributed by atoms with Gasteiger partial charge in [0.2, 0.25) is 5.91 Å². The normalized spacial score (nSPS) is 13.8. The first-order chi connectivity index (χ1) is 14.9. The van der Waals surface area contributed by atoms with E-state index in [0.29, 0.717) is 27.8 Å². The summed E-state index contributed by atoms with van der Waals surface area (Å²) in [6.07, 6.45) is 3.24. The largest absolute Gasteiger partial charge is 0.382 e.